The van der Waals surface area contributed by atoms with Crippen LogP contribution in [0.3, 0.4) is 0 Å². The van der Waals surface area contributed by atoms with E-state index in [0.717, 1.165) is 11.3 Å². The number of rotatable bonds is 7. The van der Waals surface area contributed by atoms with Gasteiger partial charge in [-0.05, 0) is 62.6 Å². The van der Waals surface area contributed by atoms with Gasteiger partial charge in [-0.3, -0.25) is 9.79 Å². The summed E-state index contributed by atoms with van der Waals surface area (Å²) >= 11 is 12.7. The number of guanidine groups is 1. The predicted molar refractivity (Wildman–Crippen MR) is 159 cm³/mol. The SMILES string of the molecule is CCc1c(F)ccc(N/C(C)=N\C2=NC(c3ccc(Cl)cc3Cl)C(C(=O)NC/C(C=NC)=C/N)=C(C)N2)c1C. The van der Waals surface area contributed by atoms with Crippen LogP contribution in [0.4, 0.5) is 10.1 Å². The quantitative estimate of drug-likeness (QED) is 0.260. The van der Waals surface area contributed by atoms with Crippen LogP contribution in [0.5, 0.6) is 0 Å². The Labute approximate surface area is 238 Å². The highest BCUT2D eigenvalue weighted by molar-refractivity contribution is 6.35. The van der Waals surface area contributed by atoms with Crippen molar-refractivity contribution in [2.75, 3.05) is 18.9 Å². The molecule has 0 radical (unpaired) electrons. The molecule has 1 aliphatic rings. The third-order valence-corrected chi connectivity index (χ3v) is 6.74. The number of halogens is 3. The standard InChI is InChI=1S/C28H32Cl2FN7O/c1-6-20-15(2)24(10-9-23(20)31)36-17(4)37-28-35-16(3)25(27(39)34-14-18(12-32)13-33-5)26(38-28)21-8-7-19(29)11-22(21)30/h7-13,26H,6,14,32H2,1-5H3,(H,34,39)(H2,35,36,37,38)/b18-12+,33-13?. The average molecular weight is 573 g/mol. The minimum Gasteiger partial charge on any atom is -0.404 e. The van der Waals surface area contributed by atoms with E-state index in [9.17, 15) is 9.18 Å². The van der Waals surface area contributed by atoms with Gasteiger partial charge in [0.15, 0.2) is 0 Å². The van der Waals surface area contributed by atoms with Crippen molar-refractivity contribution in [3.63, 3.8) is 0 Å². The average Bonchev–Trinajstić information content (AvgIpc) is 2.88. The summed E-state index contributed by atoms with van der Waals surface area (Å²) < 4.78 is 14.1. The topological polar surface area (TPSA) is 116 Å². The number of anilines is 1. The molecule has 0 saturated carbocycles. The van der Waals surface area contributed by atoms with Crippen LogP contribution in [-0.4, -0.2) is 37.5 Å². The smallest absolute Gasteiger partial charge is 0.251 e. The summed E-state index contributed by atoms with van der Waals surface area (Å²) in [6, 6.07) is 7.39. The van der Waals surface area contributed by atoms with E-state index in [1.807, 2.05) is 13.8 Å². The molecule has 0 bridgehead atoms. The number of amides is 1. The number of allylic oxidation sites excluding steroid dienone is 1. The number of benzene rings is 2. The second-order valence-electron chi connectivity index (χ2n) is 8.87. The maximum atomic E-state index is 14.1. The molecule has 0 aliphatic carbocycles. The number of hydrogen-bond donors (Lipinski definition) is 4. The lowest BCUT2D eigenvalue weighted by Gasteiger charge is -2.26. The number of nitrogens with two attached hydrogens (primary N) is 1. The maximum Gasteiger partial charge on any atom is 0.251 e. The van der Waals surface area contributed by atoms with E-state index < -0.39 is 6.04 Å². The molecule has 1 atom stereocenters. The van der Waals surface area contributed by atoms with E-state index in [-0.39, 0.29) is 24.2 Å². The zero-order valence-electron chi connectivity index (χ0n) is 22.5. The van der Waals surface area contributed by atoms with E-state index in [4.69, 9.17) is 33.9 Å². The molecule has 0 spiro atoms. The van der Waals surface area contributed by atoms with E-state index in [0.29, 0.717) is 50.3 Å². The Morgan fingerprint density at radius 1 is 1.26 bits per heavy atom. The molecule has 2 aromatic rings. The van der Waals surface area contributed by atoms with E-state index in [1.54, 1.807) is 51.4 Å². The van der Waals surface area contributed by atoms with Crippen LogP contribution in [-0.2, 0) is 11.2 Å². The summed E-state index contributed by atoms with van der Waals surface area (Å²) in [6.07, 6.45) is 3.53. The first-order chi connectivity index (χ1) is 18.6. The summed E-state index contributed by atoms with van der Waals surface area (Å²) in [5.41, 5.74) is 10.0. The minimum atomic E-state index is -0.757. The first-order valence-corrected chi connectivity index (χ1v) is 13.1. The van der Waals surface area contributed by atoms with Crippen molar-refractivity contribution in [1.29, 1.82) is 0 Å². The van der Waals surface area contributed by atoms with Crippen LogP contribution in [0.1, 0.15) is 43.5 Å². The van der Waals surface area contributed by atoms with E-state index >= 15 is 0 Å². The highest BCUT2D eigenvalue weighted by atomic mass is 35.5. The number of carbonyl (C=O) groups is 1. The van der Waals surface area contributed by atoms with Crippen LogP contribution in [0, 0.1) is 12.7 Å². The molecular weight excluding hydrogens is 540 g/mol. The number of nitrogens with zero attached hydrogens (tertiary/aromatic N) is 3. The van der Waals surface area contributed by atoms with Gasteiger partial charge in [-0.1, -0.05) is 36.2 Å². The lowest BCUT2D eigenvalue weighted by molar-refractivity contribution is -0.117. The summed E-state index contributed by atoms with van der Waals surface area (Å²) in [6.45, 7) is 7.50. The first kappa shape index (κ1) is 29.9. The number of aliphatic imine (C=N–C) groups is 3. The van der Waals surface area contributed by atoms with Gasteiger partial charge in [0.05, 0.1) is 5.57 Å². The molecule has 206 valence electrons. The minimum absolute atomic E-state index is 0.180. The Morgan fingerprint density at radius 3 is 2.64 bits per heavy atom. The van der Waals surface area contributed by atoms with Gasteiger partial charge in [-0.15, -0.1) is 0 Å². The van der Waals surface area contributed by atoms with Crippen LogP contribution < -0.4 is 21.7 Å². The van der Waals surface area contributed by atoms with Gasteiger partial charge in [0.25, 0.3) is 5.91 Å². The predicted octanol–water partition coefficient (Wildman–Crippen LogP) is 5.47. The Hall–Kier alpha value is -3.69. The van der Waals surface area contributed by atoms with Crippen LogP contribution in [0.2, 0.25) is 10.0 Å². The maximum absolute atomic E-state index is 14.1. The van der Waals surface area contributed by atoms with Crippen molar-refractivity contribution in [2.24, 2.45) is 20.7 Å². The third kappa shape index (κ3) is 7.25. The Kier molecular flexibility index (Phi) is 10.3. The molecule has 1 aliphatic heterocycles. The molecule has 11 heteroatoms. The third-order valence-electron chi connectivity index (χ3n) is 6.18. The van der Waals surface area contributed by atoms with Gasteiger partial charge < -0.3 is 21.7 Å². The van der Waals surface area contributed by atoms with Crippen LogP contribution in [0.15, 0.2) is 68.4 Å². The molecule has 1 unspecified atom stereocenters. The van der Waals surface area contributed by atoms with Crippen molar-refractivity contribution >= 4 is 52.8 Å². The molecule has 5 N–H and O–H groups in total. The summed E-state index contributed by atoms with van der Waals surface area (Å²) in [4.78, 5) is 26.6. The van der Waals surface area contributed by atoms with Crippen molar-refractivity contribution in [1.82, 2.24) is 10.6 Å². The second-order valence-corrected chi connectivity index (χ2v) is 9.71. The Balaban J connectivity index is 1.97. The van der Waals surface area contributed by atoms with E-state index in [1.165, 1.54) is 12.3 Å². The summed E-state index contributed by atoms with van der Waals surface area (Å²) in [5.74, 6) is 0.215. The number of hydrogen-bond acceptors (Lipinski definition) is 6. The molecule has 1 heterocycles. The van der Waals surface area contributed by atoms with Gasteiger partial charge in [0.1, 0.15) is 17.7 Å². The summed E-state index contributed by atoms with van der Waals surface area (Å²) in [7, 11) is 1.62. The highest BCUT2D eigenvalue weighted by Gasteiger charge is 2.31. The molecule has 39 heavy (non-hydrogen) atoms. The molecule has 0 aromatic heterocycles. The molecule has 3 rings (SSSR count). The Morgan fingerprint density at radius 2 is 2.00 bits per heavy atom. The summed E-state index contributed by atoms with van der Waals surface area (Å²) in [5, 5.41) is 10.0. The molecule has 0 fully saturated rings. The van der Waals surface area contributed by atoms with Crippen molar-refractivity contribution in [3.8, 4) is 0 Å². The van der Waals surface area contributed by atoms with Gasteiger partial charge in [0.2, 0.25) is 5.96 Å². The van der Waals surface area contributed by atoms with Crippen molar-refractivity contribution in [2.45, 2.75) is 40.2 Å². The lowest BCUT2D eigenvalue weighted by Crippen LogP contribution is -2.36. The van der Waals surface area contributed by atoms with Crippen molar-refractivity contribution in [3.05, 3.63) is 85.9 Å². The monoisotopic (exact) mass is 571 g/mol. The number of amidine groups is 1. The molecular formula is C28H32Cl2FN7O. The van der Waals surface area contributed by atoms with Gasteiger partial charge in [-0.25, -0.2) is 14.4 Å². The molecule has 0 saturated heterocycles. The molecule has 8 nitrogen and oxygen atoms in total. The van der Waals surface area contributed by atoms with E-state index in [2.05, 4.69) is 25.9 Å². The van der Waals surface area contributed by atoms with Crippen molar-refractivity contribution < 1.29 is 9.18 Å². The number of nitrogens with one attached hydrogen (secondary N) is 3. The second kappa shape index (κ2) is 13.4. The lowest BCUT2D eigenvalue weighted by atomic mass is 9.95. The van der Waals surface area contributed by atoms with Gasteiger partial charge in [-0.2, -0.15) is 0 Å². The highest BCUT2D eigenvalue weighted by Crippen LogP contribution is 2.36. The van der Waals surface area contributed by atoms with Crippen LogP contribution in [0.25, 0.3) is 0 Å². The largest absolute Gasteiger partial charge is 0.404 e. The van der Waals surface area contributed by atoms with Crippen LogP contribution >= 0.6 is 23.2 Å². The normalized spacial score (nSPS) is 16.3. The fourth-order valence-electron chi connectivity index (χ4n) is 4.22. The van der Waals surface area contributed by atoms with Gasteiger partial charge in [0, 0.05) is 58.6 Å². The zero-order valence-corrected chi connectivity index (χ0v) is 24.0. The zero-order chi connectivity index (χ0) is 28.7. The molecule has 2 aromatic carbocycles. The first-order valence-electron chi connectivity index (χ1n) is 12.3. The fourth-order valence-corrected chi connectivity index (χ4v) is 4.74. The number of carbonyl (C=O) groups excluding carboxylic acids is 1. The molecule has 1 amide bonds. The van der Waals surface area contributed by atoms with Gasteiger partial charge >= 0.3 is 0 Å². The Bertz CT molecular complexity index is 1410. The fraction of sp³-hybridized carbons (Fsp3) is 0.286.